The highest BCUT2D eigenvalue weighted by Crippen LogP contribution is 2.26. The van der Waals surface area contributed by atoms with Crippen LogP contribution in [0.4, 0.5) is 0 Å². The summed E-state index contributed by atoms with van der Waals surface area (Å²) in [5.74, 6) is -0.958. The zero-order chi connectivity index (χ0) is 21.0. The van der Waals surface area contributed by atoms with Crippen LogP contribution in [0, 0.1) is 0 Å². The molecule has 0 radical (unpaired) electrons. The molecule has 1 saturated heterocycles. The maximum absolute atomic E-state index is 12.6. The first-order valence-electron chi connectivity index (χ1n) is 9.63. The summed E-state index contributed by atoms with van der Waals surface area (Å²) in [5.41, 5.74) is 0.236. The highest BCUT2D eigenvalue weighted by atomic mass is 32.1. The summed E-state index contributed by atoms with van der Waals surface area (Å²) >= 11 is 0.931. The van der Waals surface area contributed by atoms with Crippen LogP contribution in [-0.4, -0.2) is 85.0 Å². The Morgan fingerprint density at radius 1 is 1.28 bits per heavy atom. The largest absolute Gasteiger partial charge is 0.380 e. The quantitative estimate of drug-likeness (QED) is 0.554. The van der Waals surface area contributed by atoms with Crippen LogP contribution >= 0.6 is 11.3 Å². The van der Waals surface area contributed by atoms with E-state index in [0.717, 1.165) is 24.3 Å². The molecule has 1 aromatic heterocycles. The molecule has 2 amide bonds. The summed E-state index contributed by atoms with van der Waals surface area (Å²) in [6.07, 6.45) is 3.40. The second-order valence-corrected chi connectivity index (χ2v) is 8.27. The number of amides is 2. The Morgan fingerprint density at radius 3 is 2.76 bits per heavy atom. The molecule has 2 N–H and O–H groups in total. The third-order valence-electron chi connectivity index (χ3n) is 4.72. The Balaban J connectivity index is 1.55. The average molecular weight is 420 g/mol. The first-order chi connectivity index (χ1) is 13.9. The molecule has 2 aliphatic rings. The van der Waals surface area contributed by atoms with Gasteiger partial charge in [-0.15, -0.1) is 11.3 Å². The minimum Gasteiger partial charge on any atom is -0.380 e. The van der Waals surface area contributed by atoms with E-state index in [9.17, 15) is 19.2 Å². The standard InChI is InChI=1S/C19H25N5O4S/c1-23(2)10-7-20-12-11-13(25)17-15(16(12)27)22-19(29-17)18(28)21-6-4-9-24-8-3-5-14(24)26/h11,20H,3-10H2,1-2H3,(H,21,28). The number of hydrogen-bond donors (Lipinski definition) is 2. The molecule has 10 heteroatoms. The van der Waals surface area contributed by atoms with E-state index in [1.807, 2.05) is 19.0 Å². The average Bonchev–Trinajstić information content (AvgIpc) is 3.29. The summed E-state index contributed by atoms with van der Waals surface area (Å²) in [6, 6.07) is 0. The molecule has 0 atom stereocenters. The van der Waals surface area contributed by atoms with E-state index in [4.69, 9.17) is 0 Å². The summed E-state index contributed by atoms with van der Waals surface area (Å²) in [6.45, 7) is 3.00. The Labute approximate surface area is 173 Å². The molecular formula is C19H25N5O4S. The van der Waals surface area contributed by atoms with E-state index in [0.29, 0.717) is 39.0 Å². The maximum atomic E-state index is 12.6. The smallest absolute Gasteiger partial charge is 0.280 e. The van der Waals surface area contributed by atoms with Crippen molar-refractivity contribution in [2.24, 2.45) is 0 Å². The van der Waals surface area contributed by atoms with Gasteiger partial charge in [-0.1, -0.05) is 0 Å². The Morgan fingerprint density at radius 2 is 2.07 bits per heavy atom. The Kier molecular flexibility index (Phi) is 6.75. The molecule has 0 bridgehead atoms. The SMILES string of the molecule is CN(C)CCNC1=CC(=O)c2sc(C(=O)NCCCN3CCCC3=O)nc2C1=O. The monoisotopic (exact) mass is 419 g/mol. The summed E-state index contributed by atoms with van der Waals surface area (Å²) in [4.78, 5) is 56.9. The van der Waals surface area contributed by atoms with Gasteiger partial charge in [-0.25, -0.2) is 4.98 Å². The van der Waals surface area contributed by atoms with Crippen molar-refractivity contribution in [2.75, 3.05) is 46.8 Å². The molecule has 29 heavy (non-hydrogen) atoms. The highest BCUT2D eigenvalue weighted by molar-refractivity contribution is 7.16. The molecular weight excluding hydrogens is 394 g/mol. The van der Waals surface area contributed by atoms with Gasteiger partial charge < -0.3 is 20.4 Å². The lowest BCUT2D eigenvalue weighted by Gasteiger charge is -2.15. The molecule has 1 fully saturated rings. The lowest BCUT2D eigenvalue weighted by Crippen LogP contribution is -2.32. The number of carbonyl (C=O) groups excluding carboxylic acids is 4. The number of nitrogens with zero attached hydrogens (tertiary/aromatic N) is 3. The molecule has 1 aliphatic heterocycles. The molecule has 1 aliphatic carbocycles. The number of allylic oxidation sites excluding steroid dienone is 2. The van der Waals surface area contributed by atoms with Gasteiger partial charge in [0.15, 0.2) is 10.8 Å². The molecule has 0 aromatic carbocycles. The number of nitrogens with one attached hydrogen (secondary N) is 2. The van der Waals surface area contributed by atoms with E-state index >= 15 is 0 Å². The summed E-state index contributed by atoms with van der Waals surface area (Å²) < 4.78 is 0. The first-order valence-corrected chi connectivity index (χ1v) is 10.4. The molecule has 3 rings (SSSR count). The molecule has 0 unspecified atom stereocenters. The third kappa shape index (κ3) is 5.07. The van der Waals surface area contributed by atoms with Crippen LogP contribution in [0.1, 0.15) is 49.2 Å². The predicted molar refractivity (Wildman–Crippen MR) is 108 cm³/mol. The molecule has 1 aromatic rings. The van der Waals surface area contributed by atoms with E-state index < -0.39 is 5.91 Å². The van der Waals surface area contributed by atoms with Crippen LogP contribution in [-0.2, 0) is 4.79 Å². The van der Waals surface area contributed by atoms with Crippen molar-refractivity contribution in [3.05, 3.63) is 27.4 Å². The van der Waals surface area contributed by atoms with E-state index in [1.54, 1.807) is 4.90 Å². The van der Waals surface area contributed by atoms with Gasteiger partial charge in [0.1, 0.15) is 10.6 Å². The number of fused-ring (bicyclic) bond motifs is 1. The van der Waals surface area contributed by atoms with Crippen molar-refractivity contribution in [3.63, 3.8) is 0 Å². The number of likely N-dealkylation sites (N-methyl/N-ethyl adjacent to an activating group) is 1. The lowest BCUT2D eigenvalue weighted by atomic mass is 10.0. The number of aromatic nitrogens is 1. The fraction of sp³-hybridized carbons (Fsp3) is 0.526. The van der Waals surface area contributed by atoms with Gasteiger partial charge in [-0.2, -0.15) is 0 Å². The van der Waals surface area contributed by atoms with Crippen LogP contribution < -0.4 is 10.6 Å². The first kappa shape index (κ1) is 21.1. The van der Waals surface area contributed by atoms with Crippen molar-refractivity contribution in [1.82, 2.24) is 25.4 Å². The van der Waals surface area contributed by atoms with Crippen LogP contribution in [0.5, 0.6) is 0 Å². The normalized spacial score (nSPS) is 16.3. The van der Waals surface area contributed by atoms with Crippen molar-refractivity contribution in [2.45, 2.75) is 19.3 Å². The maximum Gasteiger partial charge on any atom is 0.280 e. The number of thiazole rings is 1. The van der Waals surface area contributed by atoms with Gasteiger partial charge in [0, 0.05) is 45.2 Å². The number of Topliss-reactive ketones (excluding diaryl/α,β-unsaturated/α-hetero) is 1. The minimum atomic E-state index is -0.417. The van der Waals surface area contributed by atoms with Gasteiger partial charge in [0.2, 0.25) is 11.7 Å². The molecule has 9 nitrogen and oxygen atoms in total. The topological polar surface area (TPSA) is 112 Å². The minimum absolute atomic E-state index is 0.0302. The van der Waals surface area contributed by atoms with E-state index in [-0.39, 0.29) is 38.7 Å². The lowest BCUT2D eigenvalue weighted by molar-refractivity contribution is -0.127. The van der Waals surface area contributed by atoms with Crippen molar-refractivity contribution in [1.29, 1.82) is 0 Å². The number of likely N-dealkylation sites (tertiary alicyclic amines) is 1. The van der Waals surface area contributed by atoms with Crippen molar-refractivity contribution >= 4 is 34.7 Å². The zero-order valence-electron chi connectivity index (χ0n) is 16.6. The molecule has 156 valence electrons. The number of hydrogen-bond acceptors (Lipinski definition) is 8. The summed E-state index contributed by atoms with van der Waals surface area (Å²) in [5, 5.41) is 5.80. The fourth-order valence-corrected chi connectivity index (χ4v) is 4.05. The van der Waals surface area contributed by atoms with Crippen LogP contribution in [0.3, 0.4) is 0 Å². The number of rotatable bonds is 9. The van der Waals surface area contributed by atoms with Crippen LogP contribution in [0.15, 0.2) is 11.8 Å². The number of ketones is 2. The van der Waals surface area contributed by atoms with Gasteiger partial charge in [-0.3, -0.25) is 19.2 Å². The Bertz CT molecular complexity index is 861. The molecule has 0 spiro atoms. The van der Waals surface area contributed by atoms with Crippen LogP contribution in [0.2, 0.25) is 0 Å². The van der Waals surface area contributed by atoms with E-state index in [2.05, 4.69) is 15.6 Å². The van der Waals surface area contributed by atoms with Gasteiger partial charge in [0.25, 0.3) is 5.91 Å². The molecule has 2 heterocycles. The van der Waals surface area contributed by atoms with Crippen LogP contribution in [0.25, 0.3) is 0 Å². The third-order valence-corrected chi connectivity index (χ3v) is 5.79. The van der Waals surface area contributed by atoms with Crippen molar-refractivity contribution < 1.29 is 19.2 Å². The fourth-order valence-electron chi connectivity index (χ4n) is 3.16. The van der Waals surface area contributed by atoms with Gasteiger partial charge in [-0.05, 0) is 26.9 Å². The van der Waals surface area contributed by atoms with Gasteiger partial charge >= 0.3 is 0 Å². The van der Waals surface area contributed by atoms with Gasteiger partial charge in [0.05, 0.1) is 5.70 Å². The molecule has 0 saturated carbocycles. The predicted octanol–water partition coefficient (Wildman–Crippen LogP) is 0.300. The summed E-state index contributed by atoms with van der Waals surface area (Å²) in [7, 11) is 3.83. The highest BCUT2D eigenvalue weighted by Gasteiger charge is 2.31. The number of carbonyl (C=O) groups is 4. The van der Waals surface area contributed by atoms with Crippen molar-refractivity contribution in [3.8, 4) is 0 Å². The zero-order valence-corrected chi connectivity index (χ0v) is 17.4. The Hall–Kier alpha value is -2.59. The second kappa shape index (κ2) is 9.27. The van der Waals surface area contributed by atoms with E-state index in [1.165, 1.54) is 6.08 Å². The second-order valence-electron chi connectivity index (χ2n) is 7.27.